The lowest BCUT2D eigenvalue weighted by Crippen LogP contribution is -2.23. The number of hydrogen-bond donors (Lipinski definition) is 3. The van der Waals surface area contributed by atoms with Gasteiger partial charge >= 0.3 is 0 Å². The molecule has 8 heavy (non-hydrogen) atoms. The standard InChI is InChI=1S/C2H9ClN3PS/c3-1-2-6-7(4,5)8/h1-2H2,(H5,4,5,6,8). The number of halogens is 1. The molecule has 0 bridgehead atoms. The highest BCUT2D eigenvalue weighted by Crippen LogP contribution is 2.16. The van der Waals surface area contributed by atoms with Crippen molar-refractivity contribution in [3.05, 3.63) is 0 Å². The molecule has 0 aliphatic heterocycles. The fourth-order valence-corrected chi connectivity index (χ4v) is 1.18. The maximum atomic E-state index is 5.31. The van der Waals surface area contributed by atoms with Crippen molar-refractivity contribution in [2.45, 2.75) is 0 Å². The predicted molar refractivity (Wildman–Crippen MR) is 41.4 cm³/mol. The molecule has 50 valence electrons. The molecule has 0 rings (SSSR count). The van der Waals surface area contributed by atoms with Gasteiger partial charge in [0, 0.05) is 12.4 Å². The molecular formula is C2H9ClN3PS. The van der Waals surface area contributed by atoms with Gasteiger partial charge in [-0.1, -0.05) is 0 Å². The molecule has 0 saturated carbocycles. The van der Waals surface area contributed by atoms with Crippen molar-refractivity contribution in [3.63, 3.8) is 0 Å². The summed E-state index contributed by atoms with van der Waals surface area (Å²) in [6.07, 6.45) is 0. The summed E-state index contributed by atoms with van der Waals surface area (Å²) < 4.78 is 0. The molecule has 0 heterocycles. The minimum Gasteiger partial charge on any atom is -0.280 e. The Bertz CT molecular complexity index is 101. The Labute approximate surface area is 58.9 Å². The summed E-state index contributed by atoms with van der Waals surface area (Å²) in [5.74, 6) is 0.493. The van der Waals surface area contributed by atoms with Gasteiger partial charge in [-0.05, 0) is 11.8 Å². The lowest BCUT2D eigenvalue weighted by molar-refractivity contribution is 1.02. The molecule has 0 aromatic carbocycles. The van der Waals surface area contributed by atoms with Crippen molar-refractivity contribution in [3.8, 4) is 0 Å². The van der Waals surface area contributed by atoms with Crippen molar-refractivity contribution < 1.29 is 0 Å². The molecule has 0 unspecified atom stereocenters. The smallest absolute Gasteiger partial charge is 0.132 e. The van der Waals surface area contributed by atoms with Crippen LogP contribution in [0.1, 0.15) is 0 Å². The first-order valence-corrected chi connectivity index (χ1v) is 5.52. The maximum absolute atomic E-state index is 5.31. The van der Waals surface area contributed by atoms with Gasteiger partial charge in [0.1, 0.15) is 6.49 Å². The monoisotopic (exact) mass is 173 g/mol. The first kappa shape index (κ1) is 8.82. The van der Waals surface area contributed by atoms with Crippen LogP contribution in [0.25, 0.3) is 0 Å². The van der Waals surface area contributed by atoms with Crippen molar-refractivity contribution >= 4 is 29.9 Å². The van der Waals surface area contributed by atoms with Crippen molar-refractivity contribution in [2.75, 3.05) is 12.4 Å². The molecule has 0 atom stereocenters. The van der Waals surface area contributed by atoms with E-state index >= 15 is 0 Å². The Morgan fingerprint density at radius 2 is 2.12 bits per heavy atom. The second-order valence-electron chi connectivity index (χ2n) is 1.31. The minimum atomic E-state index is -2.18. The third-order valence-corrected chi connectivity index (χ3v) is 1.75. The molecule has 0 fully saturated rings. The van der Waals surface area contributed by atoms with E-state index in [-0.39, 0.29) is 0 Å². The van der Waals surface area contributed by atoms with Crippen LogP contribution in [0.4, 0.5) is 0 Å². The third-order valence-electron chi connectivity index (χ3n) is 0.453. The second kappa shape index (κ2) is 3.77. The van der Waals surface area contributed by atoms with Crippen LogP contribution in [-0.4, -0.2) is 12.4 Å². The Kier molecular flexibility index (Phi) is 4.16. The van der Waals surface area contributed by atoms with E-state index in [4.69, 9.17) is 22.6 Å². The van der Waals surface area contributed by atoms with Crippen LogP contribution in [-0.2, 0) is 11.8 Å². The quantitative estimate of drug-likeness (QED) is 0.414. The zero-order valence-corrected chi connectivity index (χ0v) is 6.77. The highest BCUT2D eigenvalue weighted by atomic mass is 35.5. The van der Waals surface area contributed by atoms with Gasteiger partial charge in [0.05, 0.1) is 0 Å². The van der Waals surface area contributed by atoms with Gasteiger partial charge in [0.2, 0.25) is 0 Å². The van der Waals surface area contributed by atoms with E-state index in [0.717, 1.165) is 0 Å². The van der Waals surface area contributed by atoms with Gasteiger partial charge < -0.3 is 0 Å². The van der Waals surface area contributed by atoms with Gasteiger partial charge in [-0.15, -0.1) is 11.6 Å². The van der Waals surface area contributed by atoms with E-state index in [0.29, 0.717) is 12.4 Å². The molecule has 3 nitrogen and oxygen atoms in total. The summed E-state index contributed by atoms with van der Waals surface area (Å²) in [5, 5.41) is 2.72. The number of hydrogen-bond acceptors (Lipinski definition) is 1. The average Bonchev–Trinajstić information content (AvgIpc) is 1.59. The van der Waals surface area contributed by atoms with Crippen LogP contribution >= 0.6 is 18.1 Å². The van der Waals surface area contributed by atoms with Crippen molar-refractivity contribution in [1.82, 2.24) is 5.09 Å². The fraction of sp³-hybridized carbons (Fsp3) is 1.00. The molecule has 6 heteroatoms. The van der Waals surface area contributed by atoms with Crippen LogP contribution in [0.5, 0.6) is 0 Å². The summed E-state index contributed by atoms with van der Waals surface area (Å²) in [6, 6.07) is 0. The van der Waals surface area contributed by atoms with Crippen LogP contribution in [0, 0.1) is 0 Å². The predicted octanol–water partition coefficient (Wildman–Crippen LogP) is -0.0433. The van der Waals surface area contributed by atoms with Gasteiger partial charge in [-0.3, -0.25) is 16.1 Å². The summed E-state index contributed by atoms with van der Waals surface area (Å²) in [7, 11) is 0. The van der Waals surface area contributed by atoms with Gasteiger partial charge in [-0.25, -0.2) is 0 Å². The Morgan fingerprint density at radius 1 is 1.62 bits per heavy atom. The molecule has 0 aromatic heterocycles. The lowest BCUT2D eigenvalue weighted by Gasteiger charge is -2.09. The van der Waals surface area contributed by atoms with E-state index in [2.05, 4.69) is 16.9 Å². The summed E-state index contributed by atoms with van der Waals surface area (Å²) in [4.78, 5) is 0. The SMILES string of the molecule is NP(N)(=S)NCCCl. The number of nitrogens with two attached hydrogens (primary N) is 2. The fourth-order valence-electron chi connectivity index (χ4n) is 0.217. The van der Waals surface area contributed by atoms with Crippen molar-refractivity contribution in [2.24, 2.45) is 11.0 Å². The zero-order chi connectivity index (χ0) is 6.62. The molecule has 0 amide bonds. The number of nitrogens with one attached hydrogen (secondary N) is 1. The molecule has 0 aromatic rings. The van der Waals surface area contributed by atoms with E-state index in [1.807, 2.05) is 0 Å². The Morgan fingerprint density at radius 3 is 2.25 bits per heavy atom. The van der Waals surface area contributed by atoms with Gasteiger partial charge in [-0.2, -0.15) is 0 Å². The average molecular weight is 174 g/mol. The van der Waals surface area contributed by atoms with E-state index in [9.17, 15) is 0 Å². The van der Waals surface area contributed by atoms with Crippen LogP contribution in [0.2, 0.25) is 0 Å². The van der Waals surface area contributed by atoms with E-state index in [1.165, 1.54) is 0 Å². The summed E-state index contributed by atoms with van der Waals surface area (Å²) >= 11 is 9.95. The minimum absolute atomic E-state index is 0.493. The molecule has 0 aliphatic carbocycles. The maximum Gasteiger partial charge on any atom is 0.132 e. The first-order valence-electron chi connectivity index (χ1n) is 2.04. The highest BCUT2D eigenvalue weighted by Gasteiger charge is 1.97. The lowest BCUT2D eigenvalue weighted by atomic mass is 10.8. The largest absolute Gasteiger partial charge is 0.280 e. The molecule has 0 saturated heterocycles. The van der Waals surface area contributed by atoms with Crippen LogP contribution in [0.15, 0.2) is 0 Å². The molecule has 5 N–H and O–H groups in total. The summed E-state index contributed by atoms with van der Waals surface area (Å²) in [5.41, 5.74) is 10.5. The van der Waals surface area contributed by atoms with Gasteiger partial charge in [0.25, 0.3) is 0 Å². The molecule has 0 spiro atoms. The first-order chi connectivity index (χ1) is 3.56. The summed E-state index contributed by atoms with van der Waals surface area (Å²) in [6.45, 7) is -1.59. The topological polar surface area (TPSA) is 64.1 Å². The van der Waals surface area contributed by atoms with Crippen LogP contribution in [0.3, 0.4) is 0 Å². The second-order valence-corrected chi connectivity index (χ2v) is 5.23. The van der Waals surface area contributed by atoms with Crippen molar-refractivity contribution in [1.29, 1.82) is 0 Å². The molecule has 0 aliphatic rings. The van der Waals surface area contributed by atoms with Crippen LogP contribution < -0.4 is 16.1 Å². The Hall–Kier alpha value is 0.820. The zero-order valence-electron chi connectivity index (χ0n) is 4.30. The third kappa shape index (κ3) is 6.82. The highest BCUT2D eigenvalue weighted by molar-refractivity contribution is 8.11. The number of alkyl halides is 1. The number of rotatable bonds is 3. The van der Waals surface area contributed by atoms with E-state index in [1.54, 1.807) is 0 Å². The molecule has 0 radical (unpaired) electrons. The Balaban J connectivity index is 3.26. The van der Waals surface area contributed by atoms with Gasteiger partial charge in [0.15, 0.2) is 0 Å². The normalized spacial score (nSPS) is 11.9. The molecular weight excluding hydrogens is 165 g/mol. The van der Waals surface area contributed by atoms with E-state index < -0.39 is 6.49 Å².